The van der Waals surface area contributed by atoms with E-state index in [2.05, 4.69) is 110 Å². The van der Waals surface area contributed by atoms with Gasteiger partial charge in [-0.2, -0.15) is 13.0 Å². The number of hydrogen-bond donors (Lipinski definition) is 1. The van der Waals surface area contributed by atoms with E-state index in [0.29, 0.717) is 18.1 Å². The molecule has 0 saturated heterocycles. The Morgan fingerprint density at radius 3 is 2.11 bits per heavy atom. The Hall–Kier alpha value is -4.06. The summed E-state index contributed by atoms with van der Waals surface area (Å²) in [6, 6.07) is 24.9. The molecule has 4 aromatic rings. The molecule has 3 aliphatic rings. The van der Waals surface area contributed by atoms with E-state index in [1.54, 1.807) is 0 Å². The van der Waals surface area contributed by atoms with Crippen LogP contribution in [-0.4, -0.2) is 60.8 Å². The zero-order valence-electron chi connectivity index (χ0n) is 31.0. The monoisotopic (exact) mass is 784 g/mol. The van der Waals surface area contributed by atoms with Gasteiger partial charge in [-0.3, -0.25) is 4.55 Å². The molecule has 1 N–H and O–H groups in total. The Kier molecular flexibility index (Phi) is 10.1. The fourth-order valence-corrected chi connectivity index (χ4v) is 10.0. The van der Waals surface area contributed by atoms with Crippen molar-refractivity contribution in [1.29, 1.82) is 0 Å². The third-order valence-electron chi connectivity index (χ3n) is 11.2. The van der Waals surface area contributed by atoms with Crippen LogP contribution in [0.15, 0.2) is 119 Å². The molecular formula is C43H45ClN2O6S2. The lowest BCUT2D eigenvalue weighted by molar-refractivity contribution is -0.437. The number of anilines is 1. The van der Waals surface area contributed by atoms with Crippen LogP contribution in [0, 0.1) is 0 Å². The number of rotatable bonds is 11. The van der Waals surface area contributed by atoms with Gasteiger partial charge in [-0.1, -0.05) is 92.2 Å². The second-order valence-corrected chi connectivity index (χ2v) is 18.9. The van der Waals surface area contributed by atoms with Crippen LogP contribution in [0.4, 0.5) is 11.4 Å². The summed E-state index contributed by atoms with van der Waals surface area (Å²) in [6.07, 6.45) is 10.3. The summed E-state index contributed by atoms with van der Waals surface area (Å²) in [7, 11) is -8.45. The molecule has 4 aromatic carbocycles. The lowest BCUT2D eigenvalue weighted by Gasteiger charge is -2.27. The molecule has 0 saturated carbocycles. The average Bonchev–Trinajstić information content (AvgIpc) is 3.64. The van der Waals surface area contributed by atoms with E-state index in [1.807, 2.05) is 24.3 Å². The molecule has 0 unspecified atom stereocenters. The summed E-state index contributed by atoms with van der Waals surface area (Å²) >= 11 is 7.13. The molecule has 0 radical (unpaired) electrons. The molecule has 0 atom stereocenters. The molecule has 2 aliphatic heterocycles. The van der Waals surface area contributed by atoms with Crippen LogP contribution in [0.5, 0.6) is 0 Å². The Morgan fingerprint density at radius 1 is 0.796 bits per heavy atom. The van der Waals surface area contributed by atoms with Gasteiger partial charge in [-0.25, -0.2) is 8.42 Å². The Bertz CT molecular complexity index is 2580. The molecule has 7 rings (SSSR count). The van der Waals surface area contributed by atoms with Crippen LogP contribution < -0.4 is 4.90 Å². The molecule has 54 heavy (non-hydrogen) atoms. The fourth-order valence-electron chi connectivity index (χ4n) is 8.72. The molecule has 2 heterocycles. The first kappa shape index (κ1) is 38.2. The van der Waals surface area contributed by atoms with Crippen LogP contribution in [-0.2, 0) is 31.1 Å². The summed E-state index contributed by atoms with van der Waals surface area (Å²) < 4.78 is 69.5. The summed E-state index contributed by atoms with van der Waals surface area (Å²) in [6.45, 7) is 9.53. The van der Waals surface area contributed by atoms with Crippen molar-refractivity contribution in [3.05, 3.63) is 130 Å². The SMILES string of the molecule is CC1(C)C(=C/C=C2\CCC(C=CC3=[N+](CCCS(=O)(=O)[O-])c4ccc5ccccc5c4C3(C)C)=C2Cl)N(CCCS(=O)(=O)O)c2ccc3ccccc3c21. The normalized spacial score (nSPS) is 19.7. The van der Waals surface area contributed by atoms with E-state index in [9.17, 15) is 25.9 Å². The standard InChI is InChI=1S/C43H45ClN2O6S2/c1-42(2)37(45(25-9-27-53(47,48)49)35-21-17-29-11-5-7-13-33(29)39(35)42)23-19-31-15-16-32(41(31)44)20-24-38-43(3,4)40-34-14-8-6-12-30(34)18-22-36(40)46(38)26-10-28-54(50,51)52/h5-8,11-14,17-24H,9-10,15-16,25-28H2,1-4H3,(H-,47,48,49,50,51,52). The number of allylic oxidation sites excluding steroid dienone is 8. The third kappa shape index (κ3) is 7.22. The lowest BCUT2D eigenvalue weighted by atomic mass is 9.79. The first-order valence-electron chi connectivity index (χ1n) is 18.3. The summed E-state index contributed by atoms with van der Waals surface area (Å²) in [5, 5.41) is 5.23. The van der Waals surface area contributed by atoms with Crippen LogP contribution in [0.25, 0.3) is 21.5 Å². The first-order valence-corrected chi connectivity index (χ1v) is 21.9. The topological polar surface area (TPSA) is 118 Å². The van der Waals surface area contributed by atoms with Crippen molar-refractivity contribution < 1.29 is 30.5 Å². The fraction of sp³-hybridized carbons (Fsp3) is 0.326. The molecule has 282 valence electrons. The maximum atomic E-state index is 11.6. The lowest BCUT2D eigenvalue weighted by Crippen LogP contribution is -2.28. The highest BCUT2D eigenvalue weighted by atomic mass is 35.5. The van der Waals surface area contributed by atoms with Gasteiger partial charge in [-0.15, -0.1) is 0 Å². The second kappa shape index (κ2) is 14.2. The summed E-state index contributed by atoms with van der Waals surface area (Å²) in [5.41, 5.74) is 7.59. The van der Waals surface area contributed by atoms with Crippen molar-refractivity contribution in [1.82, 2.24) is 0 Å². The van der Waals surface area contributed by atoms with Gasteiger partial charge in [0.2, 0.25) is 5.69 Å². The van der Waals surface area contributed by atoms with Crippen LogP contribution in [0.2, 0.25) is 0 Å². The van der Waals surface area contributed by atoms with Crippen molar-refractivity contribution in [2.24, 2.45) is 0 Å². The Morgan fingerprint density at radius 2 is 1.44 bits per heavy atom. The highest BCUT2D eigenvalue weighted by Gasteiger charge is 2.45. The number of hydrogen-bond acceptors (Lipinski definition) is 6. The van der Waals surface area contributed by atoms with E-state index in [0.717, 1.165) is 73.9 Å². The predicted molar refractivity (Wildman–Crippen MR) is 219 cm³/mol. The second-order valence-electron chi connectivity index (χ2n) is 15.5. The predicted octanol–water partition coefficient (Wildman–Crippen LogP) is 9.03. The quantitative estimate of drug-likeness (QED) is 0.119. The summed E-state index contributed by atoms with van der Waals surface area (Å²) in [5.74, 6) is -0.752. The molecule has 0 bridgehead atoms. The minimum Gasteiger partial charge on any atom is -0.748 e. The molecule has 0 aromatic heterocycles. The van der Waals surface area contributed by atoms with Crippen LogP contribution in [0.3, 0.4) is 0 Å². The highest BCUT2D eigenvalue weighted by molar-refractivity contribution is 7.85. The van der Waals surface area contributed by atoms with Crippen molar-refractivity contribution in [2.75, 3.05) is 29.5 Å². The van der Waals surface area contributed by atoms with Crippen molar-refractivity contribution in [3.63, 3.8) is 0 Å². The van der Waals surface area contributed by atoms with Crippen molar-refractivity contribution in [3.8, 4) is 0 Å². The minimum absolute atomic E-state index is 0.208. The zero-order chi connectivity index (χ0) is 38.6. The van der Waals surface area contributed by atoms with Crippen LogP contribution in [0.1, 0.15) is 64.5 Å². The van der Waals surface area contributed by atoms with Gasteiger partial charge < -0.3 is 9.45 Å². The smallest absolute Gasteiger partial charge is 0.264 e. The maximum absolute atomic E-state index is 11.6. The molecule has 0 amide bonds. The van der Waals surface area contributed by atoms with Gasteiger partial charge in [0.05, 0.1) is 21.3 Å². The number of halogens is 1. The molecular weight excluding hydrogens is 740 g/mol. The van der Waals surface area contributed by atoms with Gasteiger partial charge in [0, 0.05) is 58.3 Å². The Balaban J connectivity index is 1.24. The van der Waals surface area contributed by atoms with E-state index < -0.39 is 36.8 Å². The third-order valence-corrected chi connectivity index (χ3v) is 13.3. The maximum Gasteiger partial charge on any atom is 0.264 e. The molecule has 0 spiro atoms. The average molecular weight is 785 g/mol. The minimum atomic E-state index is -4.35. The molecule has 0 fully saturated rings. The first-order chi connectivity index (χ1) is 25.5. The molecule has 1 aliphatic carbocycles. The van der Waals surface area contributed by atoms with Gasteiger partial charge in [0.25, 0.3) is 10.1 Å². The van der Waals surface area contributed by atoms with Gasteiger partial charge in [0.15, 0.2) is 5.71 Å². The number of fused-ring (bicyclic) bond motifs is 6. The van der Waals surface area contributed by atoms with Gasteiger partial charge in [-0.05, 0) is 89.6 Å². The van der Waals surface area contributed by atoms with Gasteiger partial charge in [0.1, 0.15) is 6.54 Å². The van der Waals surface area contributed by atoms with Crippen LogP contribution >= 0.6 is 11.6 Å². The summed E-state index contributed by atoms with van der Waals surface area (Å²) in [4.78, 5) is 2.17. The van der Waals surface area contributed by atoms with E-state index in [4.69, 9.17) is 11.6 Å². The highest BCUT2D eigenvalue weighted by Crippen LogP contribution is 2.51. The molecule has 11 heteroatoms. The van der Waals surface area contributed by atoms with E-state index in [-0.39, 0.29) is 18.6 Å². The number of benzene rings is 4. The largest absolute Gasteiger partial charge is 0.748 e. The number of nitrogens with zero attached hydrogens (tertiary/aromatic N) is 2. The molecule has 8 nitrogen and oxygen atoms in total. The van der Waals surface area contributed by atoms with Crippen molar-refractivity contribution >= 4 is 70.5 Å². The van der Waals surface area contributed by atoms with E-state index in [1.165, 1.54) is 5.56 Å². The van der Waals surface area contributed by atoms with Gasteiger partial charge >= 0.3 is 0 Å². The Labute approximate surface area is 323 Å². The zero-order valence-corrected chi connectivity index (χ0v) is 33.4. The van der Waals surface area contributed by atoms with E-state index >= 15 is 0 Å². The van der Waals surface area contributed by atoms with Crippen molar-refractivity contribution in [2.45, 2.75) is 64.2 Å².